The van der Waals surface area contributed by atoms with Crippen LogP contribution in [0.3, 0.4) is 0 Å². The molecular formula is C15H25N3. The summed E-state index contributed by atoms with van der Waals surface area (Å²) in [5.41, 5.74) is -0.265. The van der Waals surface area contributed by atoms with E-state index in [-0.39, 0.29) is 5.54 Å². The van der Waals surface area contributed by atoms with E-state index in [0.29, 0.717) is 18.0 Å². The number of hydrogen-bond donors (Lipinski definition) is 1. The number of hydrogen-bond acceptors (Lipinski definition) is 3. The third kappa shape index (κ3) is 2.55. The number of nitriles is 1. The molecule has 0 aromatic carbocycles. The normalized spacial score (nSPS) is 28.8. The second kappa shape index (κ2) is 4.51. The topological polar surface area (TPSA) is 39.1 Å². The molecule has 0 bridgehead atoms. The maximum Gasteiger partial charge on any atom is 0.122 e. The third-order valence-electron chi connectivity index (χ3n) is 5.01. The minimum atomic E-state index is -0.265. The number of likely N-dealkylation sites (N-methyl/N-ethyl adjacent to an activating group) is 1. The Bertz CT molecular complexity index is 349. The molecule has 2 atom stereocenters. The fourth-order valence-corrected chi connectivity index (χ4v) is 3.10. The lowest BCUT2D eigenvalue weighted by molar-refractivity contribution is 0.171. The monoisotopic (exact) mass is 247 g/mol. The number of nitrogens with zero attached hydrogens (tertiary/aromatic N) is 2. The number of rotatable bonds is 7. The van der Waals surface area contributed by atoms with Crippen LogP contribution in [0.2, 0.25) is 0 Å². The predicted molar refractivity (Wildman–Crippen MR) is 72.0 cm³/mol. The molecule has 3 nitrogen and oxygen atoms in total. The van der Waals surface area contributed by atoms with Crippen LogP contribution in [0.15, 0.2) is 0 Å². The molecule has 0 aliphatic heterocycles. The molecule has 0 radical (unpaired) electrons. The van der Waals surface area contributed by atoms with Crippen LogP contribution < -0.4 is 5.32 Å². The van der Waals surface area contributed by atoms with Gasteiger partial charge in [-0.1, -0.05) is 0 Å². The molecule has 3 aliphatic rings. The second-order valence-corrected chi connectivity index (χ2v) is 6.77. The van der Waals surface area contributed by atoms with Crippen molar-refractivity contribution < 1.29 is 0 Å². The van der Waals surface area contributed by atoms with Crippen molar-refractivity contribution in [2.45, 2.75) is 63.1 Å². The minimum Gasteiger partial charge on any atom is -0.301 e. The smallest absolute Gasteiger partial charge is 0.122 e. The molecule has 2 unspecified atom stereocenters. The van der Waals surface area contributed by atoms with E-state index in [4.69, 9.17) is 0 Å². The van der Waals surface area contributed by atoms with E-state index in [1.54, 1.807) is 0 Å². The Hall–Kier alpha value is -0.590. The Balaban J connectivity index is 1.65. The molecule has 0 aromatic heterocycles. The van der Waals surface area contributed by atoms with Crippen molar-refractivity contribution in [2.75, 3.05) is 13.6 Å². The molecule has 3 aliphatic carbocycles. The molecular weight excluding hydrogens is 222 g/mol. The highest BCUT2D eigenvalue weighted by Crippen LogP contribution is 2.43. The maximum absolute atomic E-state index is 9.71. The van der Waals surface area contributed by atoms with Crippen molar-refractivity contribution in [1.29, 1.82) is 5.26 Å². The molecule has 18 heavy (non-hydrogen) atoms. The zero-order chi connectivity index (χ0) is 12.8. The zero-order valence-corrected chi connectivity index (χ0v) is 11.7. The zero-order valence-electron chi connectivity index (χ0n) is 11.7. The summed E-state index contributed by atoms with van der Waals surface area (Å²) in [7, 11) is 2.20. The average Bonchev–Trinajstić information content (AvgIpc) is 3.17. The quantitative estimate of drug-likeness (QED) is 0.749. The standard InChI is InChI=1S/C15H25N3/c1-11(12-3-4-12)18(2)10-15(9-16,13-5-6-13)17-14-7-8-14/h11-14,17H,3-8,10H2,1-2H3. The third-order valence-corrected chi connectivity index (χ3v) is 5.01. The lowest BCUT2D eigenvalue weighted by Gasteiger charge is -2.35. The van der Waals surface area contributed by atoms with Gasteiger partial charge in [-0.05, 0) is 64.3 Å². The van der Waals surface area contributed by atoms with Gasteiger partial charge in [-0.2, -0.15) is 5.26 Å². The van der Waals surface area contributed by atoms with Crippen LogP contribution in [0.5, 0.6) is 0 Å². The van der Waals surface area contributed by atoms with Gasteiger partial charge in [0, 0.05) is 18.6 Å². The molecule has 0 heterocycles. The Morgan fingerprint density at radius 2 is 1.94 bits per heavy atom. The fraction of sp³-hybridized carbons (Fsp3) is 0.933. The van der Waals surface area contributed by atoms with Crippen molar-refractivity contribution >= 4 is 0 Å². The summed E-state index contributed by atoms with van der Waals surface area (Å²) < 4.78 is 0. The molecule has 3 heteroatoms. The Morgan fingerprint density at radius 3 is 2.39 bits per heavy atom. The highest BCUT2D eigenvalue weighted by Gasteiger charge is 2.49. The van der Waals surface area contributed by atoms with Gasteiger partial charge in [0.1, 0.15) is 5.54 Å². The fourth-order valence-electron chi connectivity index (χ4n) is 3.10. The van der Waals surface area contributed by atoms with E-state index in [1.807, 2.05) is 0 Å². The largest absolute Gasteiger partial charge is 0.301 e. The Kier molecular flexibility index (Phi) is 3.11. The van der Waals surface area contributed by atoms with Crippen molar-refractivity contribution in [1.82, 2.24) is 10.2 Å². The van der Waals surface area contributed by atoms with Crippen LogP contribution in [-0.4, -0.2) is 36.1 Å². The first-order valence-electron chi connectivity index (χ1n) is 7.54. The van der Waals surface area contributed by atoms with E-state index < -0.39 is 0 Å². The first-order valence-corrected chi connectivity index (χ1v) is 7.54. The molecule has 100 valence electrons. The van der Waals surface area contributed by atoms with Gasteiger partial charge < -0.3 is 4.90 Å². The van der Waals surface area contributed by atoms with Gasteiger partial charge >= 0.3 is 0 Å². The molecule has 3 saturated carbocycles. The van der Waals surface area contributed by atoms with Crippen molar-refractivity contribution in [3.63, 3.8) is 0 Å². The van der Waals surface area contributed by atoms with Gasteiger partial charge in [-0.15, -0.1) is 0 Å². The Labute approximate surface area is 111 Å². The van der Waals surface area contributed by atoms with Crippen LogP contribution in [0.1, 0.15) is 45.4 Å². The SMILES string of the molecule is CC(C1CC1)N(C)CC(C#N)(NC1CC1)C1CC1. The lowest BCUT2D eigenvalue weighted by Crippen LogP contribution is -2.56. The highest BCUT2D eigenvalue weighted by atomic mass is 15.2. The van der Waals surface area contributed by atoms with Crippen molar-refractivity contribution in [2.24, 2.45) is 11.8 Å². The van der Waals surface area contributed by atoms with E-state index >= 15 is 0 Å². The molecule has 1 N–H and O–H groups in total. The van der Waals surface area contributed by atoms with E-state index in [1.165, 1.54) is 38.5 Å². The van der Waals surface area contributed by atoms with Gasteiger partial charge in [-0.3, -0.25) is 5.32 Å². The second-order valence-electron chi connectivity index (χ2n) is 6.77. The van der Waals surface area contributed by atoms with Crippen LogP contribution in [0.25, 0.3) is 0 Å². The summed E-state index contributed by atoms with van der Waals surface area (Å²) in [4.78, 5) is 2.43. The van der Waals surface area contributed by atoms with Crippen molar-refractivity contribution in [3.8, 4) is 6.07 Å². The molecule has 3 rings (SSSR count). The molecule has 0 spiro atoms. The summed E-state index contributed by atoms with van der Waals surface area (Å²) in [6.45, 7) is 3.23. The summed E-state index contributed by atoms with van der Waals surface area (Å²) in [5, 5.41) is 13.4. The van der Waals surface area contributed by atoms with Gasteiger partial charge in [0.15, 0.2) is 0 Å². The van der Waals surface area contributed by atoms with E-state index in [2.05, 4.69) is 30.3 Å². The summed E-state index contributed by atoms with van der Waals surface area (Å²) >= 11 is 0. The first-order chi connectivity index (χ1) is 8.64. The summed E-state index contributed by atoms with van der Waals surface area (Å²) in [6, 6.07) is 3.90. The maximum atomic E-state index is 9.71. The van der Waals surface area contributed by atoms with Gasteiger partial charge in [-0.25, -0.2) is 0 Å². The van der Waals surface area contributed by atoms with Crippen LogP contribution in [0.4, 0.5) is 0 Å². The summed E-state index contributed by atoms with van der Waals surface area (Å²) in [5.74, 6) is 1.48. The van der Waals surface area contributed by atoms with E-state index in [9.17, 15) is 5.26 Å². The van der Waals surface area contributed by atoms with Crippen molar-refractivity contribution in [3.05, 3.63) is 0 Å². The predicted octanol–water partition coefficient (Wildman–Crippen LogP) is 2.14. The van der Waals surface area contributed by atoms with Gasteiger partial charge in [0.25, 0.3) is 0 Å². The minimum absolute atomic E-state index is 0.265. The average molecular weight is 247 g/mol. The number of nitrogens with one attached hydrogen (secondary N) is 1. The van der Waals surface area contributed by atoms with Crippen LogP contribution in [-0.2, 0) is 0 Å². The van der Waals surface area contributed by atoms with E-state index in [0.717, 1.165) is 12.5 Å². The molecule has 0 amide bonds. The van der Waals surface area contributed by atoms with Gasteiger partial charge in [0.05, 0.1) is 6.07 Å². The summed E-state index contributed by atoms with van der Waals surface area (Å²) in [6.07, 6.45) is 7.75. The lowest BCUT2D eigenvalue weighted by atomic mass is 9.93. The molecule has 3 fully saturated rings. The molecule has 0 aromatic rings. The Morgan fingerprint density at radius 1 is 1.28 bits per heavy atom. The van der Waals surface area contributed by atoms with Crippen LogP contribution >= 0.6 is 0 Å². The molecule has 0 saturated heterocycles. The first kappa shape index (κ1) is 12.4. The highest BCUT2D eigenvalue weighted by molar-refractivity contribution is 5.18. The van der Waals surface area contributed by atoms with Gasteiger partial charge in [0.2, 0.25) is 0 Å². The van der Waals surface area contributed by atoms with Crippen LogP contribution in [0, 0.1) is 23.2 Å².